The van der Waals surface area contributed by atoms with Crippen molar-refractivity contribution in [2.24, 2.45) is 0 Å². The van der Waals surface area contributed by atoms with E-state index >= 15 is 0 Å². The van der Waals surface area contributed by atoms with Crippen molar-refractivity contribution in [3.05, 3.63) is 60.2 Å². The minimum atomic E-state index is -0.321. The van der Waals surface area contributed by atoms with Crippen molar-refractivity contribution in [2.75, 3.05) is 16.8 Å². The van der Waals surface area contributed by atoms with E-state index in [1.165, 1.54) is 0 Å². The summed E-state index contributed by atoms with van der Waals surface area (Å²) in [6, 6.07) is 15.8. The van der Waals surface area contributed by atoms with E-state index in [1.807, 2.05) is 24.3 Å². The Morgan fingerprint density at radius 1 is 1.07 bits per heavy atom. The highest BCUT2D eigenvalue weighted by Crippen LogP contribution is 2.29. The summed E-state index contributed by atoms with van der Waals surface area (Å²) in [6.07, 6.45) is 1.50. The van der Waals surface area contributed by atoms with Crippen LogP contribution in [0.4, 0.5) is 11.4 Å². The third-order valence-corrected chi connectivity index (χ3v) is 4.45. The molecule has 0 bridgehead atoms. The average Bonchev–Trinajstić information content (AvgIpc) is 3.08. The molecular weight excluding hydrogens is 342 g/mol. The van der Waals surface area contributed by atoms with Gasteiger partial charge in [-0.15, -0.1) is 0 Å². The lowest BCUT2D eigenvalue weighted by Crippen LogP contribution is -2.35. The number of hydrogen-bond acceptors (Lipinski definition) is 3. The molecule has 27 heavy (non-hydrogen) atoms. The van der Waals surface area contributed by atoms with Crippen LogP contribution in [-0.4, -0.2) is 30.3 Å². The fourth-order valence-corrected chi connectivity index (χ4v) is 3.14. The molecule has 140 valence electrons. The number of amides is 3. The predicted molar refractivity (Wildman–Crippen MR) is 105 cm³/mol. The quantitative estimate of drug-likeness (QED) is 0.826. The Bertz CT molecular complexity index is 836. The second-order valence-electron chi connectivity index (χ2n) is 6.66. The van der Waals surface area contributed by atoms with Crippen LogP contribution < -0.4 is 15.5 Å². The molecule has 1 heterocycles. The van der Waals surface area contributed by atoms with Gasteiger partial charge in [-0.2, -0.15) is 0 Å². The van der Waals surface area contributed by atoms with Crippen LogP contribution in [0.25, 0.3) is 0 Å². The zero-order chi connectivity index (χ0) is 19.2. The number of anilines is 2. The largest absolute Gasteiger partial charge is 0.349 e. The Labute approximate surface area is 158 Å². The third-order valence-electron chi connectivity index (χ3n) is 4.45. The van der Waals surface area contributed by atoms with E-state index < -0.39 is 0 Å². The van der Waals surface area contributed by atoms with Crippen LogP contribution in [0.1, 0.15) is 36.5 Å². The topological polar surface area (TPSA) is 78.5 Å². The normalized spacial score (nSPS) is 14.7. The zero-order valence-electron chi connectivity index (χ0n) is 15.3. The van der Waals surface area contributed by atoms with Gasteiger partial charge in [-0.3, -0.25) is 14.4 Å². The lowest BCUT2D eigenvalue weighted by Gasteiger charge is -2.20. The summed E-state index contributed by atoms with van der Waals surface area (Å²) in [5, 5.41) is 5.69. The van der Waals surface area contributed by atoms with Gasteiger partial charge in [0.1, 0.15) is 0 Å². The molecule has 1 unspecified atom stereocenters. The molecule has 2 N–H and O–H groups in total. The molecule has 2 aromatic carbocycles. The van der Waals surface area contributed by atoms with Gasteiger partial charge in [0.2, 0.25) is 11.8 Å². The summed E-state index contributed by atoms with van der Waals surface area (Å²) >= 11 is 0. The number of nitrogens with zero attached hydrogens (tertiary/aromatic N) is 1. The van der Waals surface area contributed by atoms with Crippen molar-refractivity contribution in [1.29, 1.82) is 0 Å². The standard InChI is InChI=1S/C21H23N3O3/c1-15(22-21(27)16-8-3-2-4-9-16)14-19(25)23-17-10-5-6-11-18(17)24-13-7-12-20(24)26/h2-6,8-11,15H,7,12-14H2,1H3,(H,22,27)(H,23,25). The third kappa shape index (κ3) is 4.73. The summed E-state index contributed by atoms with van der Waals surface area (Å²) < 4.78 is 0. The molecule has 0 radical (unpaired) electrons. The maximum atomic E-state index is 12.4. The monoisotopic (exact) mass is 365 g/mol. The molecule has 1 saturated heterocycles. The van der Waals surface area contributed by atoms with Gasteiger partial charge in [-0.1, -0.05) is 30.3 Å². The highest BCUT2D eigenvalue weighted by molar-refractivity contribution is 6.02. The smallest absolute Gasteiger partial charge is 0.251 e. The van der Waals surface area contributed by atoms with Crippen molar-refractivity contribution in [1.82, 2.24) is 5.32 Å². The van der Waals surface area contributed by atoms with E-state index in [0.717, 1.165) is 6.42 Å². The van der Waals surface area contributed by atoms with Gasteiger partial charge in [0.25, 0.3) is 5.91 Å². The SMILES string of the molecule is CC(CC(=O)Nc1ccccc1N1CCCC1=O)NC(=O)c1ccccc1. The van der Waals surface area contributed by atoms with Crippen molar-refractivity contribution in [3.8, 4) is 0 Å². The van der Waals surface area contributed by atoms with Crippen molar-refractivity contribution < 1.29 is 14.4 Å². The first-order chi connectivity index (χ1) is 13.0. The first-order valence-corrected chi connectivity index (χ1v) is 9.10. The van der Waals surface area contributed by atoms with Gasteiger partial charge in [-0.05, 0) is 37.6 Å². The highest BCUT2D eigenvalue weighted by atomic mass is 16.2. The fourth-order valence-electron chi connectivity index (χ4n) is 3.14. The summed E-state index contributed by atoms with van der Waals surface area (Å²) in [5.41, 5.74) is 1.89. The van der Waals surface area contributed by atoms with E-state index in [1.54, 1.807) is 42.2 Å². The molecule has 3 rings (SSSR count). The maximum Gasteiger partial charge on any atom is 0.251 e. The molecule has 0 spiro atoms. The molecule has 1 aliphatic rings. The van der Waals surface area contributed by atoms with Crippen LogP contribution in [0.15, 0.2) is 54.6 Å². The van der Waals surface area contributed by atoms with Gasteiger partial charge < -0.3 is 15.5 Å². The highest BCUT2D eigenvalue weighted by Gasteiger charge is 2.24. The molecule has 1 aliphatic heterocycles. The summed E-state index contributed by atoms with van der Waals surface area (Å²) in [4.78, 5) is 38.3. The van der Waals surface area contributed by atoms with Crippen LogP contribution in [-0.2, 0) is 9.59 Å². The van der Waals surface area contributed by atoms with Gasteiger partial charge >= 0.3 is 0 Å². The predicted octanol–water partition coefficient (Wildman–Crippen LogP) is 2.96. The summed E-state index contributed by atoms with van der Waals surface area (Å²) in [5.74, 6) is -0.353. The van der Waals surface area contributed by atoms with Crippen molar-refractivity contribution in [3.63, 3.8) is 0 Å². The maximum absolute atomic E-state index is 12.4. The number of carbonyl (C=O) groups excluding carboxylic acids is 3. The molecule has 1 fully saturated rings. The van der Waals surface area contributed by atoms with E-state index in [-0.39, 0.29) is 30.2 Å². The van der Waals surface area contributed by atoms with Gasteiger partial charge in [0.05, 0.1) is 11.4 Å². The average molecular weight is 365 g/mol. The van der Waals surface area contributed by atoms with Crippen molar-refractivity contribution in [2.45, 2.75) is 32.2 Å². The fraction of sp³-hybridized carbons (Fsp3) is 0.286. The minimum Gasteiger partial charge on any atom is -0.349 e. The van der Waals surface area contributed by atoms with E-state index in [2.05, 4.69) is 10.6 Å². The van der Waals surface area contributed by atoms with E-state index in [4.69, 9.17) is 0 Å². The summed E-state index contributed by atoms with van der Waals surface area (Å²) in [7, 11) is 0. The molecule has 3 amide bonds. The van der Waals surface area contributed by atoms with Gasteiger partial charge in [0, 0.05) is 31.0 Å². The van der Waals surface area contributed by atoms with Crippen LogP contribution in [0.2, 0.25) is 0 Å². The Balaban J connectivity index is 1.59. The Kier molecular flexibility index (Phi) is 5.86. The molecular formula is C21H23N3O3. The number of para-hydroxylation sites is 2. The second-order valence-corrected chi connectivity index (χ2v) is 6.66. The molecule has 1 atom stereocenters. The zero-order valence-corrected chi connectivity index (χ0v) is 15.3. The Morgan fingerprint density at radius 3 is 2.48 bits per heavy atom. The molecule has 6 heteroatoms. The lowest BCUT2D eigenvalue weighted by molar-refractivity contribution is -0.117. The number of hydrogen-bond donors (Lipinski definition) is 2. The molecule has 2 aromatic rings. The number of benzene rings is 2. The minimum absolute atomic E-state index is 0.0696. The first-order valence-electron chi connectivity index (χ1n) is 9.10. The first kappa shape index (κ1) is 18.6. The van der Waals surface area contributed by atoms with E-state index in [9.17, 15) is 14.4 Å². The molecule has 0 aliphatic carbocycles. The molecule has 0 aromatic heterocycles. The Morgan fingerprint density at radius 2 is 1.78 bits per heavy atom. The van der Waals surface area contributed by atoms with Crippen LogP contribution in [0.3, 0.4) is 0 Å². The lowest BCUT2D eigenvalue weighted by atomic mass is 10.1. The van der Waals surface area contributed by atoms with E-state index in [0.29, 0.717) is 29.9 Å². The van der Waals surface area contributed by atoms with Crippen LogP contribution in [0.5, 0.6) is 0 Å². The number of rotatable bonds is 6. The summed E-state index contributed by atoms with van der Waals surface area (Å²) in [6.45, 7) is 2.45. The van der Waals surface area contributed by atoms with Gasteiger partial charge in [0.15, 0.2) is 0 Å². The molecule has 0 saturated carbocycles. The number of nitrogens with one attached hydrogen (secondary N) is 2. The Hall–Kier alpha value is -3.15. The van der Waals surface area contributed by atoms with Crippen molar-refractivity contribution >= 4 is 29.1 Å². The van der Waals surface area contributed by atoms with Gasteiger partial charge in [-0.25, -0.2) is 0 Å². The van der Waals surface area contributed by atoms with Crippen LogP contribution >= 0.6 is 0 Å². The number of carbonyl (C=O) groups is 3. The van der Waals surface area contributed by atoms with Crippen LogP contribution in [0, 0.1) is 0 Å². The molecule has 6 nitrogen and oxygen atoms in total. The second kappa shape index (κ2) is 8.49.